The van der Waals surface area contributed by atoms with Crippen LogP contribution in [0.2, 0.25) is 0 Å². The number of carboxylic acid groups (broad SMARTS) is 1. The number of hydrogen-bond acceptors (Lipinski definition) is 1. The largest absolute Gasteiger partial charge is 0.476 e. The second-order valence-electron chi connectivity index (χ2n) is 2.06. The Kier molecular flexibility index (Phi) is 2.91. The molecule has 0 aliphatic rings. The van der Waals surface area contributed by atoms with Crippen LogP contribution in [-0.2, 0) is 4.79 Å². The van der Waals surface area contributed by atoms with E-state index >= 15 is 0 Å². The molecule has 0 unspecified atom stereocenters. The van der Waals surface area contributed by atoms with E-state index in [-0.39, 0.29) is 5.92 Å². The highest BCUT2D eigenvalue weighted by Crippen LogP contribution is 2.02. The molecule has 0 aliphatic carbocycles. The summed E-state index contributed by atoms with van der Waals surface area (Å²) in [6, 6.07) is 0. The first kappa shape index (κ1) is 8.14. The highest BCUT2D eigenvalue weighted by molar-refractivity contribution is 5.83. The van der Waals surface area contributed by atoms with Crippen molar-refractivity contribution in [1.29, 1.82) is 0 Å². The molecule has 0 fully saturated rings. The van der Waals surface area contributed by atoms with Crippen molar-refractivity contribution in [3.05, 3.63) is 11.9 Å². The van der Waals surface area contributed by atoms with Gasteiger partial charge in [0, 0.05) is 0 Å². The number of carboxylic acids is 1. The van der Waals surface area contributed by atoms with Gasteiger partial charge in [0.1, 0.15) is 0 Å². The van der Waals surface area contributed by atoms with Crippen molar-refractivity contribution in [3.8, 4) is 0 Å². The molecule has 0 amide bonds. The van der Waals surface area contributed by atoms with Gasteiger partial charge in [-0.3, -0.25) is 0 Å². The first-order chi connectivity index (χ1) is 4.04. The number of hydrogen-bond donors (Lipinski definition) is 1. The summed E-state index contributed by atoms with van der Waals surface area (Å²) >= 11 is 0. The van der Waals surface area contributed by atoms with Gasteiger partial charge in [-0.25, -0.2) is 4.79 Å². The maximum absolute atomic E-state index is 12.0. The first-order valence-electron chi connectivity index (χ1n) is 2.64. The van der Waals surface area contributed by atoms with E-state index in [1.165, 1.54) is 0 Å². The van der Waals surface area contributed by atoms with Crippen molar-refractivity contribution in [3.63, 3.8) is 0 Å². The molecule has 1 N–H and O–H groups in total. The van der Waals surface area contributed by atoms with Crippen LogP contribution in [0.15, 0.2) is 11.9 Å². The third-order valence-electron chi connectivity index (χ3n) is 0.684. The molecule has 0 rings (SSSR count). The summed E-state index contributed by atoms with van der Waals surface area (Å²) in [7, 11) is 0. The molecule has 52 valence electrons. The van der Waals surface area contributed by atoms with Gasteiger partial charge in [0.25, 0.3) is 0 Å². The van der Waals surface area contributed by atoms with Crippen molar-refractivity contribution in [2.75, 3.05) is 0 Å². The minimum atomic E-state index is -1.50. The van der Waals surface area contributed by atoms with Gasteiger partial charge in [0.05, 0.1) is 0 Å². The van der Waals surface area contributed by atoms with Crippen LogP contribution in [0.25, 0.3) is 0 Å². The van der Waals surface area contributed by atoms with E-state index in [0.29, 0.717) is 0 Å². The third kappa shape index (κ3) is 3.70. The monoisotopic (exact) mass is 132 g/mol. The van der Waals surface area contributed by atoms with Gasteiger partial charge in [-0.1, -0.05) is 13.8 Å². The molecule has 3 heteroatoms. The summed E-state index contributed by atoms with van der Waals surface area (Å²) in [6.45, 7) is 3.42. The molecule has 0 spiro atoms. The Bertz CT molecular complexity index is 138. The predicted octanol–water partition coefficient (Wildman–Crippen LogP) is 1.58. The zero-order valence-corrected chi connectivity index (χ0v) is 5.39. The van der Waals surface area contributed by atoms with Crippen LogP contribution in [0, 0.1) is 5.92 Å². The van der Waals surface area contributed by atoms with Crippen molar-refractivity contribution in [2.24, 2.45) is 5.92 Å². The molecule has 0 heterocycles. The molecule has 2 nitrogen and oxygen atoms in total. The fraction of sp³-hybridized carbons (Fsp3) is 0.500. The van der Waals surface area contributed by atoms with Gasteiger partial charge in [-0.05, 0) is 12.0 Å². The molecule has 0 aromatic heterocycles. The number of carbonyl (C=O) groups is 1. The Labute approximate surface area is 53.0 Å². The Morgan fingerprint density at radius 3 is 2.22 bits per heavy atom. The smallest absolute Gasteiger partial charge is 0.364 e. The highest BCUT2D eigenvalue weighted by atomic mass is 19.1. The lowest BCUT2D eigenvalue weighted by Crippen LogP contribution is -1.96. The maximum atomic E-state index is 12.0. The van der Waals surface area contributed by atoms with E-state index in [2.05, 4.69) is 0 Å². The summed E-state index contributed by atoms with van der Waals surface area (Å²) in [6.07, 6.45) is 1.06. The average Bonchev–Trinajstić information content (AvgIpc) is 1.63. The summed E-state index contributed by atoms with van der Waals surface area (Å²) in [5.74, 6) is -2.63. The quantitative estimate of drug-likeness (QED) is 0.579. The molecular formula is C6H9FO2. The second-order valence-corrected chi connectivity index (χ2v) is 2.06. The molecule has 0 aromatic rings. The zero-order valence-electron chi connectivity index (χ0n) is 5.39. The highest BCUT2D eigenvalue weighted by Gasteiger charge is 2.04. The number of rotatable bonds is 2. The van der Waals surface area contributed by atoms with Gasteiger partial charge in [-0.2, -0.15) is 4.39 Å². The Hall–Kier alpha value is -0.860. The van der Waals surface area contributed by atoms with Gasteiger partial charge < -0.3 is 5.11 Å². The Balaban J connectivity index is 4.00. The van der Waals surface area contributed by atoms with Crippen molar-refractivity contribution >= 4 is 5.97 Å². The molecule has 9 heavy (non-hydrogen) atoms. The van der Waals surface area contributed by atoms with Crippen LogP contribution in [0.4, 0.5) is 4.39 Å². The summed E-state index contributed by atoms with van der Waals surface area (Å²) in [5.41, 5.74) is 0. The van der Waals surface area contributed by atoms with E-state index in [1.807, 2.05) is 0 Å². The fourth-order valence-electron chi connectivity index (χ4n) is 0.364. The zero-order chi connectivity index (χ0) is 7.44. The third-order valence-corrected chi connectivity index (χ3v) is 0.684. The SMILES string of the molecule is CC(C)/C=C(\F)C(=O)O. The average molecular weight is 132 g/mol. The van der Waals surface area contributed by atoms with E-state index < -0.39 is 11.8 Å². The van der Waals surface area contributed by atoms with Gasteiger partial charge in [0.2, 0.25) is 5.83 Å². The van der Waals surface area contributed by atoms with Crippen molar-refractivity contribution in [1.82, 2.24) is 0 Å². The van der Waals surface area contributed by atoms with Gasteiger partial charge in [0.15, 0.2) is 0 Å². The lowest BCUT2D eigenvalue weighted by molar-refractivity contribution is -0.134. The van der Waals surface area contributed by atoms with Crippen molar-refractivity contribution < 1.29 is 14.3 Å². The number of allylic oxidation sites excluding steroid dienone is 1. The van der Waals surface area contributed by atoms with E-state index in [9.17, 15) is 9.18 Å². The van der Waals surface area contributed by atoms with Crippen LogP contribution in [-0.4, -0.2) is 11.1 Å². The Morgan fingerprint density at radius 1 is 1.67 bits per heavy atom. The fourth-order valence-corrected chi connectivity index (χ4v) is 0.364. The maximum Gasteiger partial charge on any atom is 0.364 e. The summed E-state index contributed by atoms with van der Waals surface area (Å²) < 4.78 is 12.0. The first-order valence-corrected chi connectivity index (χ1v) is 2.64. The van der Waals surface area contributed by atoms with Gasteiger partial charge >= 0.3 is 5.97 Å². The van der Waals surface area contributed by atoms with Gasteiger partial charge in [-0.15, -0.1) is 0 Å². The van der Waals surface area contributed by atoms with Crippen LogP contribution in [0.3, 0.4) is 0 Å². The second kappa shape index (κ2) is 3.22. The molecule has 0 atom stereocenters. The topological polar surface area (TPSA) is 37.3 Å². The number of halogens is 1. The van der Waals surface area contributed by atoms with Crippen LogP contribution in [0.5, 0.6) is 0 Å². The normalized spacial score (nSPS) is 12.2. The minimum absolute atomic E-state index is 0.0545. The van der Waals surface area contributed by atoms with E-state index in [4.69, 9.17) is 5.11 Å². The minimum Gasteiger partial charge on any atom is -0.476 e. The van der Waals surface area contributed by atoms with Crippen LogP contribution in [0.1, 0.15) is 13.8 Å². The molecule has 0 bridgehead atoms. The van der Waals surface area contributed by atoms with E-state index in [1.54, 1.807) is 13.8 Å². The number of aliphatic carboxylic acids is 1. The lowest BCUT2D eigenvalue weighted by atomic mass is 10.2. The molecule has 0 aliphatic heterocycles. The summed E-state index contributed by atoms with van der Waals surface area (Å²) in [4.78, 5) is 9.79. The Morgan fingerprint density at radius 2 is 2.11 bits per heavy atom. The van der Waals surface area contributed by atoms with Crippen LogP contribution < -0.4 is 0 Å². The predicted molar refractivity (Wildman–Crippen MR) is 31.7 cm³/mol. The molecule has 0 aromatic carbocycles. The standard InChI is InChI=1S/C6H9FO2/c1-4(2)3-5(7)6(8)9/h3-4H,1-2H3,(H,8,9)/b5-3-. The van der Waals surface area contributed by atoms with E-state index in [0.717, 1.165) is 6.08 Å². The molecular weight excluding hydrogens is 123 g/mol. The molecule has 0 radical (unpaired) electrons. The van der Waals surface area contributed by atoms with Crippen molar-refractivity contribution in [2.45, 2.75) is 13.8 Å². The lowest BCUT2D eigenvalue weighted by Gasteiger charge is -1.92. The molecule has 0 saturated carbocycles. The van der Waals surface area contributed by atoms with Crippen LogP contribution >= 0.6 is 0 Å². The molecule has 0 saturated heterocycles. The summed E-state index contributed by atoms with van der Waals surface area (Å²) in [5, 5.41) is 7.99.